The van der Waals surface area contributed by atoms with Gasteiger partial charge in [0.1, 0.15) is 60.5 Å². The van der Waals surface area contributed by atoms with E-state index < -0.39 is 98.4 Å². The molecule has 0 spiro atoms. The Morgan fingerprint density at radius 3 is 1.63 bits per heavy atom. The normalized spacial score (nSPS) is 40.5. The summed E-state index contributed by atoms with van der Waals surface area (Å²) in [6.07, 6.45) is -16.2. The topological polar surface area (TPSA) is 256 Å². The van der Waals surface area contributed by atoms with Crippen molar-refractivity contribution in [3.05, 3.63) is 47.5 Å². The molecule has 9 N–H and O–H groups in total. The van der Waals surface area contributed by atoms with E-state index in [4.69, 9.17) is 37.9 Å². The van der Waals surface area contributed by atoms with E-state index in [9.17, 15) is 46.0 Å². The molecule has 0 unspecified atom stereocenters. The van der Waals surface area contributed by atoms with Gasteiger partial charge >= 0.3 is 0 Å². The van der Waals surface area contributed by atoms with Gasteiger partial charge in [0.15, 0.2) is 23.0 Å². The van der Waals surface area contributed by atoms with Crippen LogP contribution in [-0.2, 0) is 18.9 Å². The lowest BCUT2D eigenvalue weighted by atomic mass is 9.81. The van der Waals surface area contributed by atoms with Crippen molar-refractivity contribution in [1.29, 1.82) is 0 Å². The van der Waals surface area contributed by atoms with Crippen LogP contribution in [0, 0.1) is 5.92 Å². The van der Waals surface area contributed by atoms with Crippen molar-refractivity contribution >= 4 is 0 Å². The number of methoxy groups -OCH3 is 2. The van der Waals surface area contributed by atoms with Crippen molar-refractivity contribution in [2.24, 2.45) is 5.92 Å². The van der Waals surface area contributed by atoms with Crippen molar-refractivity contribution < 1.29 is 83.9 Å². The first kappa shape index (κ1) is 35.9. The summed E-state index contributed by atoms with van der Waals surface area (Å²) >= 11 is 0. The van der Waals surface area contributed by atoms with Crippen LogP contribution in [0.2, 0.25) is 0 Å². The summed E-state index contributed by atoms with van der Waals surface area (Å²) < 4.78 is 45.7. The summed E-state index contributed by atoms with van der Waals surface area (Å²) in [7, 11) is 2.79. The zero-order valence-electron chi connectivity index (χ0n) is 26.6. The number of aliphatic hydroxyl groups is 9. The maximum Gasteiger partial charge on any atom is 0.229 e. The minimum absolute atomic E-state index is 0.0795. The van der Waals surface area contributed by atoms with Gasteiger partial charge in [-0.2, -0.15) is 0 Å². The first-order chi connectivity index (χ1) is 23.4. The Hall–Kier alpha value is -2.88. The van der Waals surface area contributed by atoms with Crippen LogP contribution in [0.4, 0.5) is 0 Å². The summed E-state index contributed by atoms with van der Waals surface area (Å²) in [4.78, 5) is 0. The quantitative estimate of drug-likeness (QED) is 0.122. The third kappa shape index (κ3) is 6.44. The number of fused-ring (bicyclic) bond motifs is 1. The van der Waals surface area contributed by atoms with Crippen LogP contribution in [0.3, 0.4) is 0 Å². The number of aliphatic hydroxyl groups excluding tert-OH is 8. The number of rotatable bonds is 10. The van der Waals surface area contributed by atoms with Crippen molar-refractivity contribution in [2.75, 3.05) is 40.6 Å². The van der Waals surface area contributed by atoms with Crippen LogP contribution >= 0.6 is 0 Å². The summed E-state index contributed by atoms with van der Waals surface area (Å²) in [5.41, 5.74) is -0.300. The Balaban J connectivity index is 1.17. The second-order valence-electron chi connectivity index (χ2n) is 12.5. The summed E-state index contributed by atoms with van der Waals surface area (Å²) in [5, 5.41) is 92.0. The predicted octanol–water partition coefficient (Wildman–Crippen LogP) is -2.75. The van der Waals surface area contributed by atoms with E-state index in [0.29, 0.717) is 11.1 Å². The molecule has 6 rings (SSSR count). The van der Waals surface area contributed by atoms with Crippen LogP contribution in [0.15, 0.2) is 36.4 Å². The van der Waals surface area contributed by atoms with E-state index in [2.05, 4.69) is 0 Å². The van der Waals surface area contributed by atoms with Crippen molar-refractivity contribution in [2.45, 2.75) is 79.2 Å². The lowest BCUT2D eigenvalue weighted by molar-refractivity contribution is -0.277. The fraction of sp³-hybridized carbons (Fsp3) is 0.625. The van der Waals surface area contributed by atoms with Gasteiger partial charge in [-0.3, -0.25) is 0 Å². The zero-order valence-corrected chi connectivity index (χ0v) is 26.6. The predicted molar refractivity (Wildman–Crippen MR) is 161 cm³/mol. The Kier molecular flexibility index (Phi) is 10.6. The maximum atomic E-state index is 11.9. The SMILES string of the molecule is COc1cc([C@H]2OC[C@@H]3[C@@H](c4ccc(O[C@@H]5O[C@H](CO)[C@@H](O)[C@H](O)[C@H]5O)c(OC)c4)OC[C@]23O)ccc1O[C@@H]1O[C@H](CO)[C@@H](O)[C@H](O)[C@@H]1O. The molecule has 0 aromatic heterocycles. The van der Waals surface area contributed by atoms with Gasteiger partial charge in [-0.05, 0) is 35.4 Å². The second kappa shape index (κ2) is 14.4. The number of hydrogen-bond acceptors (Lipinski definition) is 17. The molecule has 17 nitrogen and oxygen atoms in total. The highest BCUT2D eigenvalue weighted by molar-refractivity contribution is 5.46. The molecule has 272 valence electrons. The fourth-order valence-electron chi connectivity index (χ4n) is 6.75. The standard InChI is InChI=1S/C32H42O17/c1-42-18-7-13(3-5-16(18)46-30-26(39)24(37)22(35)20(9-33)48-30)28-15-11-44-29(32(15,41)12-45-28)14-4-6-17(19(8-14)43-2)47-31-27(40)25(38)23(36)21(10-34)49-31/h3-8,15,20-31,33-41H,9-12H2,1-2H3/t15-,20-,21-,22-,23-,24+,25+,26-,27+,28-,29-,30-,31-,32-/m1/s1. The lowest BCUT2D eigenvalue weighted by Gasteiger charge is -2.39. The number of benzene rings is 2. The third-order valence-corrected chi connectivity index (χ3v) is 9.59. The first-order valence-corrected chi connectivity index (χ1v) is 15.7. The molecule has 49 heavy (non-hydrogen) atoms. The second-order valence-corrected chi connectivity index (χ2v) is 12.5. The molecule has 0 aliphatic carbocycles. The Labute approximate surface area is 280 Å². The molecule has 0 radical (unpaired) electrons. The van der Waals surface area contributed by atoms with E-state index in [0.717, 1.165) is 0 Å². The Bertz CT molecular complexity index is 1440. The molecule has 4 aliphatic rings. The maximum absolute atomic E-state index is 11.9. The molecule has 17 heteroatoms. The summed E-state index contributed by atoms with van der Waals surface area (Å²) in [5.74, 6) is 0.165. The molecule has 2 aromatic rings. The van der Waals surface area contributed by atoms with Gasteiger partial charge < -0.3 is 83.9 Å². The van der Waals surface area contributed by atoms with E-state index in [1.165, 1.54) is 20.3 Å². The van der Waals surface area contributed by atoms with Gasteiger partial charge in [-0.25, -0.2) is 0 Å². The van der Waals surface area contributed by atoms with Crippen molar-refractivity contribution in [3.8, 4) is 23.0 Å². The highest BCUT2D eigenvalue weighted by Crippen LogP contribution is 2.54. The molecule has 0 saturated carbocycles. The molecule has 4 aliphatic heterocycles. The first-order valence-electron chi connectivity index (χ1n) is 15.7. The average molecular weight is 699 g/mol. The Morgan fingerprint density at radius 1 is 0.653 bits per heavy atom. The molecular weight excluding hydrogens is 656 g/mol. The molecular formula is C32H42O17. The van der Waals surface area contributed by atoms with Crippen molar-refractivity contribution in [1.82, 2.24) is 0 Å². The van der Waals surface area contributed by atoms with Crippen LogP contribution in [0.25, 0.3) is 0 Å². The van der Waals surface area contributed by atoms with Gasteiger partial charge in [0.05, 0.1) is 46.8 Å². The van der Waals surface area contributed by atoms with E-state index in [1.807, 2.05) is 0 Å². The molecule has 4 fully saturated rings. The fourth-order valence-corrected chi connectivity index (χ4v) is 6.75. The van der Waals surface area contributed by atoms with E-state index in [1.54, 1.807) is 30.3 Å². The van der Waals surface area contributed by atoms with Crippen LogP contribution < -0.4 is 18.9 Å². The minimum Gasteiger partial charge on any atom is -0.493 e. The smallest absolute Gasteiger partial charge is 0.229 e. The molecule has 14 atom stereocenters. The number of ether oxygens (including phenoxy) is 8. The molecule has 2 aromatic carbocycles. The van der Waals surface area contributed by atoms with Gasteiger partial charge in [0.25, 0.3) is 0 Å². The molecule has 0 amide bonds. The zero-order chi connectivity index (χ0) is 35.2. The minimum atomic E-state index is -1.62. The highest BCUT2D eigenvalue weighted by atomic mass is 16.7. The van der Waals surface area contributed by atoms with Crippen molar-refractivity contribution in [3.63, 3.8) is 0 Å². The molecule has 4 saturated heterocycles. The van der Waals surface area contributed by atoms with Crippen LogP contribution in [0.5, 0.6) is 23.0 Å². The highest BCUT2D eigenvalue weighted by Gasteiger charge is 2.59. The van der Waals surface area contributed by atoms with Crippen LogP contribution in [0.1, 0.15) is 23.3 Å². The van der Waals surface area contributed by atoms with Gasteiger partial charge in [-0.1, -0.05) is 12.1 Å². The molecule has 4 heterocycles. The lowest BCUT2D eigenvalue weighted by Crippen LogP contribution is -2.60. The monoisotopic (exact) mass is 698 g/mol. The average Bonchev–Trinajstić information content (AvgIpc) is 3.63. The van der Waals surface area contributed by atoms with E-state index in [-0.39, 0.29) is 36.2 Å². The number of hydrogen-bond donors (Lipinski definition) is 9. The van der Waals surface area contributed by atoms with Gasteiger partial charge in [0.2, 0.25) is 12.6 Å². The summed E-state index contributed by atoms with van der Waals surface area (Å²) in [6, 6.07) is 9.60. The molecule has 0 bridgehead atoms. The Morgan fingerprint density at radius 2 is 1.14 bits per heavy atom. The van der Waals surface area contributed by atoms with Crippen LogP contribution in [-0.4, -0.2) is 154 Å². The van der Waals surface area contributed by atoms with E-state index >= 15 is 0 Å². The summed E-state index contributed by atoms with van der Waals surface area (Å²) in [6.45, 7) is -1.18. The largest absolute Gasteiger partial charge is 0.493 e. The third-order valence-electron chi connectivity index (χ3n) is 9.59. The van der Waals surface area contributed by atoms with Gasteiger partial charge in [-0.15, -0.1) is 0 Å². The van der Waals surface area contributed by atoms with Gasteiger partial charge in [0, 0.05) is 5.92 Å².